The van der Waals surface area contributed by atoms with E-state index >= 15 is 0 Å². The largest absolute Gasteiger partial charge is 0.462 e. The second-order valence-electron chi connectivity index (χ2n) is 8.17. The molecule has 186 valence electrons. The van der Waals surface area contributed by atoms with Gasteiger partial charge in [0.15, 0.2) is 10.8 Å². The van der Waals surface area contributed by atoms with Crippen LogP contribution in [-0.4, -0.2) is 43.5 Å². The molecule has 0 saturated heterocycles. The zero-order valence-corrected chi connectivity index (χ0v) is 21.9. The molecule has 3 heterocycles. The Hall–Kier alpha value is -3.15. The van der Waals surface area contributed by atoms with E-state index in [-0.39, 0.29) is 23.2 Å². The van der Waals surface area contributed by atoms with Gasteiger partial charge in [0.2, 0.25) is 5.91 Å². The summed E-state index contributed by atoms with van der Waals surface area (Å²) in [5.41, 5.74) is 2.15. The van der Waals surface area contributed by atoms with Crippen LogP contribution in [0.15, 0.2) is 40.4 Å². The number of aryl methyl sites for hydroxylation is 1. The van der Waals surface area contributed by atoms with Crippen LogP contribution in [0.5, 0.6) is 0 Å². The topological polar surface area (TPSA) is 119 Å². The number of rotatable bonds is 7. The van der Waals surface area contributed by atoms with Crippen molar-refractivity contribution in [3.8, 4) is 5.69 Å². The van der Waals surface area contributed by atoms with Crippen LogP contribution in [0.4, 0.5) is 5.00 Å². The molecule has 9 nitrogen and oxygen atoms in total. The van der Waals surface area contributed by atoms with Crippen molar-refractivity contribution in [2.45, 2.75) is 43.5 Å². The van der Waals surface area contributed by atoms with Crippen LogP contribution in [-0.2, 0) is 22.4 Å². The predicted octanol–water partition coefficient (Wildman–Crippen LogP) is 4.61. The summed E-state index contributed by atoms with van der Waals surface area (Å²) in [7, 11) is 0. The number of carbonyl (C=O) groups excluding carboxylic acids is 2. The van der Waals surface area contributed by atoms with E-state index in [0.717, 1.165) is 41.5 Å². The maximum Gasteiger partial charge on any atom is 0.341 e. The number of fused-ring (bicyclic) bond motifs is 2. The van der Waals surface area contributed by atoms with E-state index in [4.69, 9.17) is 16.3 Å². The van der Waals surface area contributed by atoms with Crippen molar-refractivity contribution in [3.05, 3.63) is 61.8 Å². The van der Waals surface area contributed by atoms with E-state index in [1.54, 1.807) is 42.8 Å². The van der Waals surface area contributed by atoms with Crippen LogP contribution < -0.4 is 10.9 Å². The van der Waals surface area contributed by atoms with Gasteiger partial charge in [-0.3, -0.25) is 9.59 Å². The highest BCUT2D eigenvalue weighted by molar-refractivity contribution is 8.00. The number of aromatic amines is 1. The van der Waals surface area contributed by atoms with Gasteiger partial charge in [0.25, 0.3) is 5.56 Å². The number of H-pyrrole nitrogens is 1. The number of benzene rings is 1. The number of thioether (sulfide) groups is 1. The SMILES string of the molecule is CCOC(=O)c1c(NC(=O)[C@H](C)Sc2nc3c(cnn3-c3ccc(Cl)cc3)c(=O)[nH]2)sc2c1CCC2. The molecule has 1 aromatic carbocycles. The lowest BCUT2D eigenvalue weighted by Gasteiger charge is -2.12. The van der Waals surface area contributed by atoms with Crippen LogP contribution in [0.2, 0.25) is 5.02 Å². The third-order valence-electron chi connectivity index (χ3n) is 5.78. The first-order valence-electron chi connectivity index (χ1n) is 11.4. The first-order chi connectivity index (χ1) is 17.4. The zero-order chi connectivity index (χ0) is 25.4. The summed E-state index contributed by atoms with van der Waals surface area (Å²) in [6.45, 7) is 3.73. The molecule has 1 aliphatic carbocycles. The van der Waals surface area contributed by atoms with Gasteiger partial charge in [0, 0.05) is 9.90 Å². The molecule has 0 saturated carbocycles. The smallest absolute Gasteiger partial charge is 0.341 e. The number of esters is 1. The standard InChI is InChI=1S/C24H22ClN5O4S2/c1-3-34-23(33)18-15-5-4-6-17(15)36-22(18)28-20(31)12(2)35-24-27-19-16(21(32)29-24)11-26-30(19)14-9-7-13(25)8-10-14/h7-12H,3-6H2,1-2H3,(H,28,31)(H,27,29,32)/t12-/m0/s1. The molecule has 2 N–H and O–H groups in total. The number of nitrogens with zero attached hydrogens (tertiary/aromatic N) is 3. The van der Waals surface area contributed by atoms with Crippen molar-refractivity contribution in [1.29, 1.82) is 0 Å². The van der Waals surface area contributed by atoms with E-state index < -0.39 is 11.2 Å². The molecule has 0 spiro atoms. The molecule has 1 amide bonds. The fourth-order valence-corrected chi connectivity index (χ4v) is 6.27. The molecule has 36 heavy (non-hydrogen) atoms. The fraction of sp³-hybridized carbons (Fsp3) is 0.292. The van der Waals surface area contributed by atoms with Gasteiger partial charge in [0.05, 0.1) is 29.3 Å². The average Bonchev–Trinajstić information content (AvgIpc) is 3.54. The zero-order valence-electron chi connectivity index (χ0n) is 19.5. The molecule has 0 aliphatic heterocycles. The molecule has 0 unspecified atom stereocenters. The molecule has 0 bridgehead atoms. The Labute approximate surface area is 219 Å². The van der Waals surface area contributed by atoms with Crippen molar-refractivity contribution in [2.24, 2.45) is 0 Å². The first kappa shape index (κ1) is 24.5. The van der Waals surface area contributed by atoms with Gasteiger partial charge < -0.3 is 15.0 Å². The predicted molar refractivity (Wildman–Crippen MR) is 141 cm³/mol. The second kappa shape index (κ2) is 10.1. The lowest BCUT2D eigenvalue weighted by Crippen LogP contribution is -2.24. The van der Waals surface area contributed by atoms with Crippen molar-refractivity contribution in [2.75, 3.05) is 11.9 Å². The number of halogens is 1. The maximum atomic E-state index is 13.1. The fourth-order valence-electron chi connectivity index (χ4n) is 4.07. The molecule has 1 aliphatic rings. The molecule has 5 rings (SSSR count). The van der Waals surface area contributed by atoms with Gasteiger partial charge in [-0.1, -0.05) is 23.4 Å². The Morgan fingerprint density at radius 2 is 2.08 bits per heavy atom. The molecular formula is C24H22ClN5O4S2. The minimum atomic E-state index is -0.607. The van der Waals surface area contributed by atoms with Gasteiger partial charge in [-0.25, -0.2) is 14.5 Å². The molecule has 4 aromatic rings. The number of aromatic nitrogens is 4. The van der Waals surface area contributed by atoms with Crippen LogP contribution >= 0.6 is 34.7 Å². The molecule has 0 fully saturated rings. The highest BCUT2D eigenvalue weighted by Crippen LogP contribution is 2.40. The lowest BCUT2D eigenvalue weighted by atomic mass is 10.1. The summed E-state index contributed by atoms with van der Waals surface area (Å²) in [5.74, 6) is -0.723. The summed E-state index contributed by atoms with van der Waals surface area (Å²) in [4.78, 5) is 46.7. The number of amides is 1. The lowest BCUT2D eigenvalue weighted by molar-refractivity contribution is -0.115. The number of anilines is 1. The molecule has 3 aromatic heterocycles. The van der Waals surface area contributed by atoms with E-state index in [1.807, 2.05) is 0 Å². The van der Waals surface area contributed by atoms with E-state index in [2.05, 4.69) is 20.4 Å². The molecule has 1 atom stereocenters. The van der Waals surface area contributed by atoms with Crippen LogP contribution in [0.25, 0.3) is 16.7 Å². The van der Waals surface area contributed by atoms with Gasteiger partial charge in [-0.15, -0.1) is 11.3 Å². The maximum absolute atomic E-state index is 13.1. The van der Waals surface area contributed by atoms with Gasteiger partial charge in [-0.2, -0.15) is 5.10 Å². The quantitative estimate of drug-likeness (QED) is 0.198. The number of nitrogens with one attached hydrogen (secondary N) is 2. The van der Waals surface area contributed by atoms with Gasteiger partial charge in [-0.05, 0) is 62.9 Å². The number of ether oxygens (including phenoxy) is 1. The minimum absolute atomic E-state index is 0.261. The van der Waals surface area contributed by atoms with Crippen LogP contribution in [0, 0.1) is 0 Å². The Kier molecular flexibility index (Phi) is 6.87. The summed E-state index contributed by atoms with van der Waals surface area (Å²) in [6.07, 6.45) is 4.13. The van der Waals surface area contributed by atoms with Crippen molar-refractivity contribution >= 4 is 62.6 Å². The Balaban J connectivity index is 1.38. The normalized spacial score (nSPS) is 13.5. The van der Waals surface area contributed by atoms with Crippen LogP contribution in [0.3, 0.4) is 0 Å². The minimum Gasteiger partial charge on any atom is -0.462 e. The number of hydrogen-bond donors (Lipinski definition) is 2. The van der Waals surface area contributed by atoms with E-state index in [1.165, 1.54) is 17.5 Å². The average molecular weight is 544 g/mol. The monoisotopic (exact) mass is 543 g/mol. The Morgan fingerprint density at radius 1 is 1.31 bits per heavy atom. The second-order valence-corrected chi connectivity index (χ2v) is 11.0. The highest BCUT2D eigenvalue weighted by atomic mass is 35.5. The van der Waals surface area contributed by atoms with Gasteiger partial charge >= 0.3 is 5.97 Å². The van der Waals surface area contributed by atoms with Crippen molar-refractivity contribution < 1.29 is 14.3 Å². The third kappa shape index (κ3) is 4.65. The summed E-state index contributed by atoms with van der Waals surface area (Å²) >= 11 is 8.52. The van der Waals surface area contributed by atoms with Crippen LogP contribution in [0.1, 0.15) is 41.1 Å². The Morgan fingerprint density at radius 3 is 2.83 bits per heavy atom. The van der Waals surface area contributed by atoms with Gasteiger partial charge in [0.1, 0.15) is 10.4 Å². The summed E-state index contributed by atoms with van der Waals surface area (Å²) in [5, 5.41) is 8.29. The number of carbonyl (C=O) groups is 2. The Bertz CT molecular complexity index is 1530. The number of hydrogen-bond acceptors (Lipinski definition) is 8. The summed E-state index contributed by atoms with van der Waals surface area (Å²) < 4.78 is 6.79. The van der Waals surface area contributed by atoms with E-state index in [9.17, 15) is 14.4 Å². The van der Waals surface area contributed by atoms with Crippen molar-refractivity contribution in [1.82, 2.24) is 19.7 Å². The highest BCUT2D eigenvalue weighted by Gasteiger charge is 2.29. The molecule has 12 heteroatoms. The molecule has 0 radical (unpaired) electrons. The number of thiophene rings is 1. The van der Waals surface area contributed by atoms with Crippen molar-refractivity contribution in [3.63, 3.8) is 0 Å². The molecular weight excluding hydrogens is 522 g/mol. The third-order valence-corrected chi connectivity index (χ3v) is 8.23. The summed E-state index contributed by atoms with van der Waals surface area (Å²) in [6, 6.07) is 7.01. The first-order valence-corrected chi connectivity index (χ1v) is 13.5. The van der Waals surface area contributed by atoms with E-state index in [0.29, 0.717) is 32.3 Å².